The van der Waals surface area contributed by atoms with Gasteiger partial charge < -0.3 is 20.5 Å². The molecule has 0 aliphatic heterocycles. The third-order valence-corrected chi connectivity index (χ3v) is 3.99. The van der Waals surface area contributed by atoms with Crippen LogP contribution in [0.4, 0.5) is 10.5 Å². The number of benzene rings is 1. The molecule has 7 heteroatoms. The molecule has 7 nitrogen and oxygen atoms in total. The van der Waals surface area contributed by atoms with Gasteiger partial charge in [0.15, 0.2) is 0 Å². The summed E-state index contributed by atoms with van der Waals surface area (Å²) in [4.78, 5) is 38.6. The Balaban J connectivity index is 1.95. The van der Waals surface area contributed by atoms with Gasteiger partial charge >= 0.3 is 6.09 Å². The van der Waals surface area contributed by atoms with Crippen molar-refractivity contribution in [2.24, 2.45) is 0 Å². The Morgan fingerprint density at radius 2 is 1.92 bits per heavy atom. The third-order valence-electron chi connectivity index (χ3n) is 3.99. The molecule has 1 atom stereocenters. The van der Waals surface area contributed by atoms with E-state index >= 15 is 0 Å². The second-order valence-corrected chi connectivity index (χ2v) is 6.21. The molecule has 0 fully saturated rings. The number of anilines is 1. The zero-order valence-electron chi connectivity index (χ0n) is 14.7. The fourth-order valence-corrected chi connectivity index (χ4v) is 2.69. The van der Waals surface area contributed by atoms with Crippen LogP contribution in [-0.4, -0.2) is 33.9 Å². The van der Waals surface area contributed by atoms with Crippen LogP contribution in [0.3, 0.4) is 0 Å². The van der Waals surface area contributed by atoms with E-state index in [1.165, 1.54) is 0 Å². The summed E-state index contributed by atoms with van der Waals surface area (Å²) in [5.74, 6) is -0.289. The van der Waals surface area contributed by atoms with E-state index in [4.69, 9.17) is 5.11 Å². The van der Waals surface area contributed by atoms with Gasteiger partial charge in [-0.25, -0.2) is 4.79 Å². The van der Waals surface area contributed by atoms with Crippen LogP contribution in [-0.2, 0) is 9.59 Å². The average molecular weight is 357 g/mol. The van der Waals surface area contributed by atoms with Crippen molar-refractivity contribution in [1.29, 1.82) is 0 Å². The molecule has 138 valence electrons. The number of Topliss-reactive ketones (excluding diaryl/α,β-unsaturated/α-hetero) is 1. The van der Waals surface area contributed by atoms with E-state index in [0.29, 0.717) is 24.9 Å². The first-order chi connectivity index (χ1) is 12.5. The molecule has 1 aromatic carbocycles. The van der Waals surface area contributed by atoms with Gasteiger partial charge in [-0.15, -0.1) is 0 Å². The number of fused-ring (bicyclic) bond motifs is 1. The van der Waals surface area contributed by atoms with E-state index in [-0.39, 0.29) is 5.78 Å². The monoisotopic (exact) mass is 357 g/mol. The smallest absolute Gasteiger partial charge is 0.405 e. The van der Waals surface area contributed by atoms with Gasteiger partial charge in [0.05, 0.1) is 17.4 Å². The van der Waals surface area contributed by atoms with Crippen molar-refractivity contribution in [3.05, 3.63) is 36.5 Å². The Bertz CT molecular complexity index is 791. The normalized spacial score (nSPS) is 11.7. The van der Waals surface area contributed by atoms with Crippen LogP contribution in [0.1, 0.15) is 39.0 Å². The van der Waals surface area contributed by atoms with Crippen molar-refractivity contribution < 1.29 is 19.5 Å². The number of unbranched alkanes of at least 4 members (excludes halogenated alkanes) is 2. The maximum atomic E-state index is 12.4. The first-order valence-electron chi connectivity index (χ1n) is 8.60. The number of carbonyl (C=O) groups is 3. The molecule has 26 heavy (non-hydrogen) atoms. The zero-order valence-corrected chi connectivity index (χ0v) is 14.7. The van der Waals surface area contributed by atoms with E-state index < -0.39 is 18.0 Å². The number of aromatic nitrogens is 1. The van der Waals surface area contributed by atoms with E-state index in [2.05, 4.69) is 15.6 Å². The minimum Gasteiger partial charge on any atom is -0.465 e. The molecule has 0 saturated carbocycles. The summed E-state index contributed by atoms with van der Waals surface area (Å²) in [6, 6.07) is 8.47. The highest BCUT2D eigenvalue weighted by molar-refractivity contribution is 5.97. The quantitative estimate of drug-likeness (QED) is 0.596. The van der Waals surface area contributed by atoms with E-state index in [1.807, 2.05) is 24.3 Å². The Kier molecular flexibility index (Phi) is 7.08. The Morgan fingerprint density at radius 3 is 2.65 bits per heavy atom. The van der Waals surface area contributed by atoms with Crippen molar-refractivity contribution in [2.45, 2.75) is 45.1 Å². The van der Waals surface area contributed by atoms with Gasteiger partial charge in [0.25, 0.3) is 0 Å². The molecule has 2 amide bonds. The SMILES string of the molecule is CC(=O)CCCCC[C@H](NC(=O)O)C(=O)Nc1cnc2ccccc2c1. The van der Waals surface area contributed by atoms with Crippen molar-refractivity contribution in [3.8, 4) is 0 Å². The molecule has 0 bridgehead atoms. The van der Waals surface area contributed by atoms with Gasteiger partial charge in [-0.1, -0.05) is 31.0 Å². The number of nitrogens with one attached hydrogen (secondary N) is 2. The molecule has 0 aliphatic rings. The first kappa shape index (κ1) is 19.4. The predicted molar refractivity (Wildman–Crippen MR) is 99.1 cm³/mol. The lowest BCUT2D eigenvalue weighted by atomic mass is 10.1. The number of ketones is 1. The summed E-state index contributed by atoms with van der Waals surface area (Å²) in [6.07, 6.45) is 3.34. The van der Waals surface area contributed by atoms with Crippen LogP contribution in [0.15, 0.2) is 36.5 Å². The highest BCUT2D eigenvalue weighted by Crippen LogP contribution is 2.17. The number of carboxylic acid groups (broad SMARTS) is 1. The summed E-state index contributed by atoms with van der Waals surface area (Å²) in [7, 11) is 0. The van der Waals surface area contributed by atoms with Crippen LogP contribution >= 0.6 is 0 Å². The average Bonchev–Trinajstić information content (AvgIpc) is 2.59. The summed E-state index contributed by atoms with van der Waals surface area (Å²) in [5.41, 5.74) is 1.33. The molecule has 0 spiro atoms. The molecule has 3 N–H and O–H groups in total. The van der Waals surface area contributed by atoms with Gasteiger partial charge in [0.2, 0.25) is 5.91 Å². The molecule has 2 aromatic rings. The Morgan fingerprint density at radius 1 is 1.15 bits per heavy atom. The minimum atomic E-state index is -1.24. The van der Waals surface area contributed by atoms with Gasteiger partial charge in [-0.05, 0) is 31.9 Å². The molecule has 1 aromatic heterocycles. The molecule has 0 unspecified atom stereocenters. The van der Waals surface area contributed by atoms with Crippen molar-refractivity contribution in [3.63, 3.8) is 0 Å². The third kappa shape index (κ3) is 6.16. The number of hydrogen-bond acceptors (Lipinski definition) is 4. The van der Waals surface area contributed by atoms with Crippen molar-refractivity contribution >= 4 is 34.4 Å². The number of carbonyl (C=O) groups excluding carboxylic acids is 2. The van der Waals surface area contributed by atoms with Gasteiger partial charge in [-0.3, -0.25) is 9.78 Å². The highest BCUT2D eigenvalue weighted by atomic mass is 16.4. The molecule has 1 heterocycles. The fourth-order valence-electron chi connectivity index (χ4n) is 2.69. The lowest BCUT2D eigenvalue weighted by molar-refractivity contribution is -0.118. The van der Waals surface area contributed by atoms with Gasteiger partial charge in [0, 0.05) is 11.8 Å². The van der Waals surface area contributed by atoms with Crippen molar-refractivity contribution in [1.82, 2.24) is 10.3 Å². The summed E-state index contributed by atoms with van der Waals surface area (Å²) >= 11 is 0. The number of amides is 2. The second-order valence-electron chi connectivity index (χ2n) is 6.21. The molecule has 2 rings (SSSR count). The second kappa shape index (κ2) is 9.50. The summed E-state index contributed by atoms with van der Waals surface area (Å²) < 4.78 is 0. The Hall–Kier alpha value is -2.96. The zero-order chi connectivity index (χ0) is 18.9. The van der Waals surface area contributed by atoms with Crippen molar-refractivity contribution in [2.75, 3.05) is 5.32 Å². The maximum Gasteiger partial charge on any atom is 0.405 e. The number of hydrogen-bond donors (Lipinski definition) is 3. The minimum absolute atomic E-state index is 0.131. The molecule has 0 aliphatic carbocycles. The van der Waals surface area contributed by atoms with Crippen LogP contribution in [0.5, 0.6) is 0 Å². The molecule has 0 radical (unpaired) electrons. The summed E-state index contributed by atoms with van der Waals surface area (Å²) in [6.45, 7) is 1.54. The van der Waals surface area contributed by atoms with E-state index in [9.17, 15) is 14.4 Å². The molecule has 0 saturated heterocycles. The van der Waals surface area contributed by atoms with Crippen LogP contribution < -0.4 is 10.6 Å². The standard InChI is InChI=1S/C19H23N3O4/c1-13(23)7-3-2-4-10-17(22-19(25)26)18(24)21-15-11-14-8-5-6-9-16(14)20-12-15/h5-6,8-9,11-12,17,22H,2-4,7,10H2,1H3,(H,21,24)(H,25,26)/t17-/m0/s1. The van der Waals surface area contributed by atoms with E-state index in [0.717, 1.165) is 23.7 Å². The fraction of sp³-hybridized carbons (Fsp3) is 0.368. The van der Waals surface area contributed by atoms with E-state index in [1.54, 1.807) is 19.2 Å². The van der Waals surface area contributed by atoms with Gasteiger partial charge in [-0.2, -0.15) is 0 Å². The lowest BCUT2D eigenvalue weighted by Crippen LogP contribution is -2.43. The number of para-hydroxylation sites is 1. The van der Waals surface area contributed by atoms with Gasteiger partial charge in [0.1, 0.15) is 11.8 Å². The number of pyridine rings is 1. The Labute approximate surface area is 151 Å². The van der Waals surface area contributed by atoms with Crippen LogP contribution in [0, 0.1) is 0 Å². The van der Waals surface area contributed by atoms with Crippen LogP contribution in [0.2, 0.25) is 0 Å². The maximum absolute atomic E-state index is 12.4. The largest absolute Gasteiger partial charge is 0.465 e. The molecular formula is C19H23N3O4. The number of nitrogens with zero attached hydrogens (tertiary/aromatic N) is 1. The lowest BCUT2D eigenvalue weighted by Gasteiger charge is -2.16. The summed E-state index contributed by atoms with van der Waals surface area (Å²) in [5, 5.41) is 14.8. The topological polar surface area (TPSA) is 108 Å². The number of rotatable bonds is 9. The molecular weight excluding hydrogens is 334 g/mol. The first-order valence-corrected chi connectivity index (χ1v) is 8.60. The van der Waals surface area contributed by atoms with Crippen LogP contribution in [0.25, 0.3) is 10.9 Å². The highest BCUT2D eigenvalue weighted by Gasteiger charge is 2.20. The predicted octanol–water partition coefficient (Wildman–Crippen LogP) is 3.35.